The Morgan fingerprint density at radius 3 is 2.85 bits per heavy atom. The second-order valence-electron chi connectivity index (χ2n) is 2.13. The minimum atomic E-state index is -0.668. The maximum atomic E-state index is 13.0. The maximum Gasteiger partial charge on any atom is 0.140 e. The van der Waals surface area contributed by atoms with Crippen molar-refractivity contribution in [3.8, 4) is 5.75 Å². The van der Waals surface area contributed by atoms with Crippen LogP contribution in [0.4, 0.5) is 10.1 Å². The lowest BCUT2D eigenvalue weighted by atomic mass is 10.3. The van der Waals surface area contributed by atoms with Gasteiger partial charge in [-0.1, -0.05) is 16.7 Å². The second-order valence-corrected chi connectivity index (χ2v) is 2.53. The summed E-state index contributed by atoms with van der Waals surface area (Å²) < 4.78 is 17.8. The van der Waals surface area contributed by atoms with Crippen molar-refractivity contribution >= 4 is 17.3 Å². The highest BCUT2D eigenvalue weighted by molar-refractivity contribution is 6.32. The van der Waals surface area contributed by atoms with Crippen LogP contribution in [0.2, 0.25) is 5.02 Å². The van der Waals surface area contributed by atoms with Gasteiger partial charge in [0.2, 0.25) is 0 Å². The first kappa shape index (κ1) is 9.64. The molecule has 13 heavy (non-hydrogen) atoms. The summed E-state index contributed by atoms with van der Waals surface area (Å²) in [6, 6.07) is 2.27. The molecule has 68 valence electrons. The van der Waals surface area contributed by atoms with Crippen LogP contribution in [0.25, 0.3) is 10.4 Å². The van der Waals surface area contributed by atoms with Crippen LogP contribution in [0.5, 0.6) is 5.75 Å². The third kappa shape index (κ3) is 2.02. The molecule has 0 fully saturated rings. The fourth-order valence-corrected chi connectivity index (χ4v) is 1.03. The minimum absolute atomic E-state index is 0.145. The summed E-state index contributed by atoms with van der Waals surface area (Å²) in [7, 11) is 1.37. The minimum Gasteiger partial charge on any atom is -0.495 e. The van der Waals surface area contributed by atoms with Crippen molar-refractivity contribution in [1.82, 2.24) is 0 Å². The molecule has 0 amide bonds. The predicted octanol–water partition coefficient (Wildman–Crippen LogP) is 3.43. The van der Waals surface area contributed by atoms with Crippen molar-refractivity contribution in [2.45, 2.75) is 0 Å². The third-order valence-corrected chi connectivity index (χ3v) is 1.67. The van der Waals surface area contributed by atoms with Gasteiger partial charge in [-0.05, 0) is 11.6 Å². The van der Waals surface area contributed by atoms with Crippen LogP contribution < -0.4 is 4.74 Å². The normalized spacial score (nSPS) is 9.15. The zero-order chi connectivity index (χ0) is 9.84. The molecule has 0 bridgehead atoms. The Morgan fingerprint density at radius 2 is 2.31 bits per heavy atom. The van der Waals surface area contributed by atoms with Crippen LogP contribution >= 0.6 is 11.6 Å². The van der Waals surface area contributed by atoms with Crippen LogP contribution in [-0.4, -0.2) is 7.11 Å². The van der Waals surface area contributed by atoms with Crippen LogP contribution in [0.15, 0.2) is 17.2 Å². The highest BCUT2D eigenvalue weighted by Gasteiger charge is 2.06. The van der Waals surface area contributed by atoms with Crippen molar-refractivity contribution < 1.29 is 9.13 Å². The smallest absolute Gasteiger partial charge is 0.140 e. The van der Waals surface area contributed by atoms with E-state index in [0.29, 0.717) is 0 Å². The molecular weight excluding hydrogens is 197 g/mol. The molecule has 0 unspecified atom stereocenters. The van der Waals surface area contributed by atoms with Gasteiger partial charge in [-0.3, -0.25) is 0 Å². The summed E-state index contributed by atoms with van der Waals surface area (Å²) in [5, 5.41) is 3.31. The fraction of sp³-hybridized carbons (Fsp3) is 0.143. The summed E-state index contributed by atoms with van der Waals surface area (Å²) in [6.07, 6.45) is 0. The lowest BCUT2D eigenvalue weighted by Gasteiger charge is -2.03. The van der Waals surface area contributed by atoms with Crippen LogP contribution in [0.3, 0.4) is 0 Å². The second kappa shape index (κ2) is 3.98. The summed E-state index contributed by atoms with van der Waals surface area (Å²) in [5.74, 6) is -0.463. The molecule has 1 aromatic rings. The number of rotatable bonds is 2. The molecule has 4 nitrogen and oxygen atoms in total. The molecule has 0 atom stereocenters. The predicted molar refractivity (Wildman–Crippen MR) is 46.8 cm³/mol. The molecule has 0 saturated heterocycles. The van der Waals surface area contributed by atoms with Crippen molar-refractivity contribution in [3.05, 3.63) is 33.4 Å². The quantitative estimate of drug-likeness (QED) is 0.411. The van der Waals surface area contributed by atoms with Gasteiger partial charge in [-0.15, -0.1) is 0 Å². The fourth-order valence-electron chi connectivity index (χ4n) is 0.799. The van der Waals surface area contributed by atoms with Crippen LogP contribution in [0.1, 0.15) is 0 Å². The Morgan fingerprint density at radius 1 is 1.62 bits per heavy atom. The number of azide groups is 1. The molecule has 0 radical (unpaired) electrons. The number of methoxy groups -OCH3 is 1. The van der Waals surface area contributed by atoms with E-state index in [4.69, 9.17) is 21.9 Å². The van der Waals surface area contributed by atoms with Gasteiger partial charge >= 0.3 is 0 Å². The Bertz CT molecular complexity index is 376. The van der Waals surface area contributed by atoms with E-state index in [0.717, 1.165) is 6.07 Å². The van der Waals surface area contributed by atoms with Gasteiger partial charge in [0.05, 0.1) is 17.8 Å². The lowest BCUT2D eigenvalue weighted by Crippen LogP contribution is -1.85. The average Bonchev–Trinajstić information content (AvgIpc) is 2.11. The van der Waals surface area contributed by atoms with Gasteiger partial charge in [0.15, 0.2) is 0 Å². The van der Waals surface area contributed by atoms with Crippen molar-refractivity contribution in [3.63, 3.8) is 0 Å². The molecule has 0 heterocycles. The van der Waals surface area contributed by atoms with E-state index < -0.39 is 5.82 Å². The Hall–Kier alpha value is -1.45. The summed E-state index contributed by atoms with van der Waals surface area (Å²) >= 11 is 5.66. The Balaban J connectivity index is 3.27. The van der Waals surface area contributed by atoms with E-state index in [9.17, 15) is 4.39 Å². The molecule has 0 aliphatic heterocycles. The Kier molecular flexibility index (Phi) is 2.95. The van der Waals surface area contributed by atoms with Gasteiger partial charge in [-0.2, -0.15) is 0 Å². The largest absolute Gasteiger partial charge is 0.495 e. The summed E-state index contributed by atoms with van der Waals surface area (Å²) in [4.78, 5) is 2.45. The van der Waals surface area contributed by atoms with Gasteiger partial charge in [0.25, 0.3) is 0 Å². The van der Waals surface area contributed by atoms with E-state index in [1.165, 1.54) is 13.2 Å². The van der Waals surface area contributed by atoms with E-state index in [1.54, 1.807) is 0 Å². The topological polar surface area (TPSA) is 58.0 Å². The number of nitrogens with zero attached hydrogens (tertiary/aromatic N) is 3. The first-order chi connectivity index (χ1) is 6.19. The highest BCUT2D eigenvalue weighted by Crippen LogP contribution is 2.31. The van der Waals surface area contributed by atoms with E-state index >= 15 is 0 Å². The molecule has 0 saturated carbocycles. The van der Waals surface area contributed by atoms with Crippen molar-refractivity contribution in [2.24, 2.45) is 5.11 Å². The lowest BCUT2D eigenvalue weighted by molar-refractivity contribution is 0.411. The van der Waals surface area contributed by atoms with Gasteiger partial charge in [0.1, 0.15) is 11.6 Å². The van der Waals surface area contributed by atoms with Crippen LogP contribution in [-0.2, 0) is 0 Å². The van der Waals surface area contributed by atoms with Crippen LogP contribution in [0, 0.1) is 5.82 Å². The number of ether oxygens (including phenoxy) is 1. The van der Waals surface area contributed by atoms with E-state index in [1.807, 2.05) is 0 Å². The molecule has 6 heteroatoms. The van der Waals surface area contributed by atoms with E-state index in [2.05, 4.69) is 10.0 Å². The first-order valence-corrected chi connectivity index (χ1v) is 3.65. The third-order valence-electron chi connectivity index (χ3n) is 1.37. The summed E-state index contributed by atoms with van der Waals surface area (Å²) in [5.41, 5.74) is 7.93. The molecule has 0 aromatic heterocycles. The summed E-state index contributed by atoms with van der Waals surface area (Å²) in [6.45, 7) is 0. The number of benzene rings is 1. The zero-order valence-electron chi connectivity index (χ0n) is 6.66. The molecule has 1 rings (SSSR count). The maximum absolute atomic E-state index is 13.0. The van der Waals surface area contributed by atoms with Gasteiger partial charge in [0, 0.05) is 11.0 Å². The van der Waals surface area contributed by atoms with Gasteiger partial charge in [-0.25, -0.2) is 4.39 Å². The number of halogens is 2. The highest BCUT2D eigenvalue weighted by atomic mass is 35.5. The molecular formula is C7H5ClFN3O. The molecule has 0 aliphatic carbocycles. The number of hydrogen-bond donors (Lipinski definition) is 0. The Labute approximate surface area is 78.5 Å². The molecule has 0 N–H and O–H groups in total. The van der Waals surface area contributed by atoms with E-state index in [-0.39, 0.29) is 16.5 Å². The standard InChI is InChI=1S/C7H5ClFN3O/c1-13-7-3-5(9)6(11-12-10)2-4(7)8/h2-3H,1H3. The van der Waals surface area contributed by atoms with Crippen molar-refractivity contribution in [1.29, 1.82) is 0 Å². The molecule has 1 aromatic carbocycles. The zero-order valence-corrected chi connectivity index (χ0v) is 7.42. The monoisotopic (exact) mass is 201 g/mol. The number of hydrogen-bond acceptors (Lipinski definition) is 2. The van der Waals surface area contributed by atoms with Gasteiger partial charge < -0.3 is 4.74 Å². The molecule has 0 aliphatic rings. The van der Waals surface area contributed by atoms with Crippen molar-refractivity contribution in [2.75, 3.05) is 7.11 Å². The molecule has 0 spiro atoms. The first-order valence-electron chi connectivity index (χ1n) is 3.27. The SMILES string of the molecule is COc1cc(F)c(N=[N+]=[N-])cc1Cl. The average molecular weight is 202 g/mol.